The lowest BCUT2D eigenvalue weighted by Gasteiger charge is -2.35. The first-order valence-corrected chi connectivity index (χ1v) is 9.97. The monoisotopic (exact) mass is 330 g/mol. The van der Waals surface area contributed by atoms with Gasteiger partial charge in [0.2, 0.25) is 10.0 Å². The Kier molecular flexibility index (Phi) is 4.78. The van der Waals surface area contributed by atoms with Crippen LogP contribution in [0, 0.1) is 5.92 Å². The first kappa shape index (κ1) is 15.2. The van der Waals surface area contributed by atoms with Crippen molar-refractivity contribution in [2.75, 3.05) is 49.9 Å². The fourth-order valence-corrected chi connectivity index (χ4v) is 5.54. The lowest BCUT2D eigenvalue weighted by molar-refractivity contribution is 0.362. The number of anilines is 1. The number of piperidine rings is 1. The SMILES string of the molecule is O=S(=O)(CC1CCNCC1)N1CCN(c2nccs2)CC1. The summed E-state index contributed by atoms with van der Waals surface area (Å²) < 4.78 is 26.7. The summed E-state index contributed by atoms with van der Waals surface area (Å²) >= 11 is 1.61. The maximum absolute atomic E-state index is 12.5. The normalized spacial score (nSPS) is 22.6. The van der Waals surface area contributed by atoms with Gasteiger partial charge in [0.1, 0.15) is 0 Å². The number of rotatable bonds is 4. The van der Waals surface area contributed by atoms with Gasteiger partial charge in [-0.2, -0.15) is 4.31 Å². The van der Waals surface area contributed by atoms with Crippen LogP contribution in [0.5, 0.6) is 0 Å². The third kappa shape index (κ3) is 3.74. The summed E-state index contributed by atoms with van der Waals surface area (Å²) in [5.74, 6) is 0.625. The topological polar surface area (TPSA) is 65.5 Å². The molecule has 1 aromatic heterocycles. The van der Waals surface area contributed by atoms with E-state index in [0.29, 0.717) is 24.8 Å². The highest BCUT2D eigenvalue weighted by molar-refractivity contribution is 7.89. The summed E-state index contributed by atoms with van der Waals surface area (Å²) in [6.45, 7) is 4.51. The Hall–Kier alpha value is -0.700. The molecule has 0 bridgehead atoms. The summed E-state index contributed by atoms with van der Waals surface area (Å²) in [6.07, 6.45) is 3.73. The number of sulfonamides is 1. The van der Waals surface area contributed by atoms with Crippen molar-refractivity contribution in [3.8, 4) is 0 Å². The van der Waals surface area contributed by atoms with Crippen LogP contribution in [-0.4, -0.2) is 62.7 Å². The summed E-state index contributed by atoms with van der Waals surface area (Å²) in [6, 6.07) is 0. The van der Waals surface area contributed by atoms with Crippen molar-refractivity contribution in [1.29, 1.82) is 0 Å². The van der Waals surface area contributed by atoms with Crippen LogP contribution in [0.25, 0.3) is 0 Å². The van der Waals surface area contributed by atoms with Crippen LogP contribution in [0.1, 0.15) is 12.8 Å². The highest BCUT2D eigenvalue weighted by Crippen LogP contribution is 2.22. The molecule has 1 aromatic rings. The molecule has 1 N–H and O–H groups in total. The lowest BCUT2D eigenvalue weighted by Crippen LogP contribution is -2.50. The van der Waals surface area contributed by atoms with Gasteiger partial charge >= 0.3 is 0 Å². The van der Waals surface area contributed by atoms with E-state index < -0.39 is 10.0 Å². The van der Waals surface area contributed by atoms with Gasteiger partial charge in [-0.15, -0.1) is 11.3 Å². The molecule has 0 unspecified atom stereocenters. The van der Waals surface area contributed by atoms with Gasteiger partial charge in [-0.1, -0.05) is 0 Å². The molecule has 3 heterocycles. The fraction of sp³-hybridized carbons (Fsp3) is 0.769. The fourth-order valence-electron chi connectivity index (χ4n) is 2.98. The van der Waals surface area contributed by atoms with Crippen molar-refractivity contribution in [3.05, 3.63) is 11.6 Å². The zero-order chi connectivity index (χ0) is 14.7. The van der Waals surface area contributed by atoms with Gasteiger partial charge in [-0.05, 0) is 31.8 Å². The minimum atomic E-state index is -3.11. The standard InChI is InChI=1S/C13H22N4O2S2/c18-21(19,11-12-1-3-14-4-2-12)17-8-6-16(7-9-17)13-15-5-10-20-13/h5,10,12,14H,1-4,6-9,11H2. The number of thiazole rings is 1. The number of piperazine rings is 1. The number of nitrogens with one attached hydrogen (secondary N) is 1. The molecule has 0 atom stereocenters. The molecule has 0 aromatic carbocycles. The molecule has 8 heteroatoms. The van der Waals surface area contributed by atoms with Gasteiger partial charge in [0, 0.05) is 37.8 Å². The van der Waals surface area contributed by atoms with Gasteiger partial charge < -0.3 is 10.2 Å². The number of hydrogen-bond acceptors (Lipinski definition) is 6. The molecule has 2 saturated heterocycles. The zero-order valence-corrected chi connectivity index (χ0v) is 13.7. The average molecular weight is 330 g/mol. The van der Waals surface area contributed by atoms with E-state index in [1.54, 1.807) is 21.8 Å². The number of hydrogen-bond donors (Lipinski definition) is 1. The van der Waals surface area contributed by atoms with Crippen LogP contribution in [0.3, 0.4) is 0 Å². The molecular formula is C13H22N4O2S2. The predicted octanol–water partition coefficient (Wildman–Crippen LogP) is 0.594. The van der Waals surface area contributed by atoms with E-state index >= 15 is 0 Å². The van der Waals surface area contributed by atoms with Crippen molar-refractivity contribution < 1.29 is 8.42 Å². The van der Waals surface area contributed by atoms with Crippen LogP contribution in [0.2, 0.25) is 0 Å². The molecule has 21 heavy (non-hydrogen) atoms. The zero-order valence-electron chi connectivity index (χ0n) is 12.1. The second-order valence-electron chi connectivity index (χ2n) is 5.67. The van der Waals surface area contributed by atoms with Crippen molar-refractivity contribution in [3.63, 3.8) is 0 Å². The van der Waals surface area contributed by atoms with E-state index in [2.05, 4.69) is 15.2 Å². The second kappa shape index (κ2) is 6.60. The Bertz CT molecular complexity index is 533. The third-order valence-electron chi connectivity index (χ3n) is 4.23. The highest BCUT2D eigenvalue weighted by Gasteiger charge is 2.30. The number of nitrogens with zero attached hydrogens (tertiary/aromatic N) is 3. The third-order valence-corrected chi connectivity index (χ3v) is 7.10. The second-order valence-corrected chi connectivity index (χ2v) is 8.56. The van der Waals surface area contributed by atoms with Gasteiger partial charge in [0.15, 0.2) is 5.13 Å². The maximum atomic E-state index is 12.5. The molecule has 118 valence electrons. The van der Waals surface area contributed by atoms with E-state index in [-0.39, 0.29) is 0 Å². The van der Waals surface area contributed by atoms with Crippen molar-refractivity contribution >= 4 is 26.5 Å². The molecule has 0 aliphatic carbocycles. The van der Waals surface area contributed by atoms with Crippen LogP contribution in [-0.2, 0) is 10.0 Å². The summed E-state index contributed by atoms with van der Waals surface area (Å²) in [4.78, 5) is 6.46. The predicted molar refractivity (Wildman–Crippen MR) is 85.3 cm³/mol. The molecule has 0 radical (unpaired) electrons. The van der Waals surface area contributed by atoms with Crippen LogP contribution in [0.4, 0.5) is 5.13 Å². The van der Waals surface area contributed by atoms with Gasteiger partial charge in [-0.3, -0.25) is 0 Å². The molecule has 0 spiro atoms. The van der Waals surface area contributed by atoms with E-state index in [1.165, 1.54) is 0 Å². The smallest absolute Gasteiger partial charge is 0.214 e. The van der Waals surface area contributed by atoms with E-state index in [0.717, 1.165) is 44.2 Å². The van der Waals surface area contributed by atoms with E-state index in [9.17, 15) is 8.42 Å². The molecule has 2 aliphatic heterocycles. The quantitative estimate of drug-likeness (QED) is 0.875. The molecule has 6 nitrogen and oxygen atoms in total. The van der Waals surface area contributed by atoms with Crippen LogP contribution < -0.4 is 10.2 Å². The Labute approximate surface area is 130 Å². The summed E-state index contributed by atoms with van der Waals surface area (Å²) in [5.41, 5.74) is 0. The van der Waals surface area contributed by atoms with E-state index in [4.69, 9.17) is 0 Å². The molecule has 2 fully saturated rings. The van der Waals surface area contributed by atoms with Crippen molar-refractivity contribution in [1.82, 2.24) is 14.6 Å². The summed E-state index contributed by atoms with van der Waals surface area (Å²) in [7, 11) is -3.11. The molecule has 3 rings (SSSR count). The van der Waals surface area contributed by atoms with E-state index in [1.807, 2.05) is 5.38 Å². The largest absolute Gasteiger partial charge is 0.345 e. The first-order chi connectivity index (χ1) is 10.1. The Morgan fingerprint density at radius 2 is 1.95 bits per heavy atom. The van der Waals surface area contributed by atoms with Crippen molar-refractivity contribution in [2.24, 2.45) is 5.92 Å². The minimum Gasteiger partial charge on any atom is -0.345 e. The molecule has 2 aliphatic rings. The summed E-state index contributed by atoms with van der Waals surface area (Å²) in [5, 5.41) is 6.23. The first-order valence-electron chi connectivity index (χ1n) is 7.48. The molecular weight excluding hydrogens is 308 g/mol. The average Bonchev–Trinajstić information content (AvgIpc) is 3.02. The Balaban J connectivity index is 1.55. The van der Waals surface area contributed by atoms with Gasteiger partial charge in [0.25, 0.3) is 0 Å². The van der Waals surface area contributed by atoms with Crippen LogP contribution in [0.15, 0.2) is 11.6 Å². The minimum absolute atomic E-state index is 0.311. The lowest BCUT2D eigenvalue weighted by atomic mass is 10.0. The maximum Gasteiger partial charge on any atom is 0.214 e. The van der Waals surface area contributed by atoms with Gasteiger partial charge in [-0.25, -0.2) is 13.4 Å². The van der Waals surface area contributed by atoms with Crippen molar-refractivity contribution in [2.45, 2.75) is 12.8 Å². The molecule has 0 saturated carbocycles. The Morgan fingerprint density at radius 3 is 2.57 bits per heavy atom. The number of aromatic nitrogens is 1. The highest BCUT2D eigenvalue weighted by atomic mass is 32.2. The Morgan fingerprint density at radius 1 is 1.24 bits per heavy atom. The van der Waals surface area contributed by atoms with Gasteiger partial charge in [0.05, 0.1) is 5.75 Å². The molecule has 0 amide bonds. The van der Waals surface area contributed by atoms with Crippen LogP contribution >= 0.6 is 11.3 Å².